The lowest BCUT2D eigenvalue weighted by Crippen LogP contribution is -2.42. The van der Waals surface area contributed by atoms with Crippen molar-refractivity contribution < 1.29 is 4.74 Å². The highest BCUT2D eigenvalue weighted by Gasteiger charge is 2.16. The molecular formula is C14H22N4OS. The number of nitrogens with zero attached hydrogens (tertiary/aromatic N) is 2. The summed E-state index contributed by atoms with van der Waals surface area (Å²) in [5, 5.41) is 3.42. The highest BCUT2D eigenvalue weighted by atomic mass is 32.1. The fourth-order valence-electron chi connectivity index (χ4n) is 2.43. The molecule has 2 rings (SSSR count). The lowest BCUT2D eigenvalue weighted by atomic mass is 10.1. The number of thiocarbonyl (C=S) groups is 1. The third kappa shape index (κ3) is 3.88. The zero-order valence-electron chi connectivity index (χ0n) is 12.1. The number of anilines is 1. The van der Waals surface area contributed by atoms with Crippen LogP contribution < -0.4 is 11.1 Å². The lowest BCUT2D eigenvalue weighted by Gasteiger charge is -2.29. The number of morpholine rings is 1. The second-order valence-electron chi connectivity index (χ2n) is 5.17. The molecule has 0 aliphatic carbocycles. The van der Waals surface area contributed by atoms with Gasteiger partial charge in [0.25, 0.3) is 0 Å². The SMILES string of the molecule is Cc1ccnc(NC(C)CN2CCOCC2)c1C(N)=S. The number of aromatic nitrogens is 1. The smallest absolute Gasteiger partial charge is 0.136 e. The monoisotopic (exact) mass is 294 g/mol. The molecule has 1 aromatic rings. The molecule has 0 bridgehead atoms. The molecule has 0 radical (unpaired) electrons. The Kier molecular flexibility index (Phi) is 5.28. The van der Waals surface area contributed by atoms with Gasteiger partial charge < -0.3 is 15.8 Å². The second kappa shape index (κ2) is 6.97. The quantitative estimate of drug-likeness (QED) is 0.795. The summed E-state index contributed by atoms with van der Waals surface area (Å²) in [5.41, 5.74) is 7.69. The van der Waals surface area contributed by atoms with Gasteiger partial charge in [0.1, 0.15) is 10.8 Å². The van der Waals surface area contributed by atoms with Gasteiger partial charge in [-0.3, -0.25) is 4.90 Å². The average molecular weight is 294 g/mol. The van der Waals surface area contributed by atoms with Crippen molar-refractivity contribution in [3.05, 3.63) is 23.4 Å². The van der Waals surface area contributed by atoms with Crippen LogP contribution in [0.1, 0.15) is 18.1 Å². The van der Waals surface area contributed by atoms with Crippen molar-refractivity contribution in [3.8, 4) is 0 Å². The number of ether oxygens (including phenoxy) is 1. The Morgan fingerprint density at radius 1 is 1.55 bits per heavy atom. The first-order valence-electron chi connectivity index (χ1n) is 6.90. The molecular weight excluding hydrogens is 272 g/mol. The van der Waals surface area contributed by atoms with Gasteiger partial charge in [-0.15, -0.1) is 0 Å². The predicted molar refractivity (Wildman–Crippen MR) is 85.2 cm³/mol. The van der Waals surface area contributed by atoms with Gasteiger partial charge in [0.15, 0.2) is 0 Å². The standard InChI is InChI=1S/C14H22N4OS/c1-10-3-4-16-14(12(10)13(15)20)17-11(2)9-18-5-7-19-8-6-18/h3-4,11H,5-9H2,1-2H3,(H2,15,20)(H,16,17). The Bertz CT molecular complexity index is 474. The van der Waals surface area contributed by atoms with E-state index in [1.165, 1.54) is 0 Å². The van der Waals surface area contributed by atoms with Gasteiger partial charge in [-0.1, -0.05) is 12.2 Å². The van der Waals surface area contributed by atoms with Gasteiger partial charge in [-0.2, -0.15) is 0 Å². The average Bonchev–Trinajstić information content (AvgIpc) is 2.39. The Morgan fingerprint density at radius 2 is 2.25 bits per heavy atom. The zero-order valence-corrected chi connectivity index (χ0v) is 12.9. The molecule has 1 aliphatic rings. The van der Waals surface area contributed by atoms with Crippen molar-refractivity contribution in [3.63, 3.8) is 0 Å². The maximum Gasteiger partial charge on any atom is 0.136 e. The van der Waals surface area contributed by atoms with Crippen molar-refractivity contribution in [1.29, 1.82) is 0 Å². The van der Waals surface area contributed by atoms with Gasteiger partial charge in [0.2, 0.25) is 0 Å². The Hall–Kier alpha value is -1.24. The highest BCUT2D eigenvalue weighted by molar-refractivity contribution is 7.80. The summed E-state index contributed by atoms with van der Waals surface area (Å²) < 4.78 is 5.36. The number of hydrogen-bond acceptors (Lipinski definition) is 5. The minimum atomic E-state index is 0.274. The molecule has 110 valence electrons. The number of rotatable bonds is 5. The minimum absolute atomic E-state index is 0.274. The molecule has 5 nitrogen and oxygen atoms in total. The molecule has 6 heteroatoms. The first-order chi connectivity index (χ1) is 9.58. The summed E-state index contributed by atoms with van der Waals surface area (Å²) in [6.45, 7) is 8.68. The van der Waals surface area contributed by atoms with Crippen LogP contribution in [0.3, 0.4) is 0 Å². The van der Waals surface area contributed by atoms with E-state index >= 15 is 0 Å². The van der Waals surface area contributed by atoms with E-state index in [0.29, 0.717) is 4.99 Å². The van der Waals surface area contributed by atoms with Crippen LogP contribution in [0.4, 0.5) is 5.82 Å². The molecule has 1 atom stereocenters. The fourth-order valence-corrected chi connectivity index (χ4v) is 2.69. The van der Waals surface area contributed by atoms with E-state index in [2.05, 4.69) is 22.1 Å². The van der Waals surface area contributed by atoms with Gasteiger partial charge in [-0.25, -0.2) is 4.98 Å². The molecule has 0 saturated carbocycles. The highest BCUT2D eigenvalue weighted by Crippen LogP contribution is 2.17. The molecule has 1 fully saturated rings. The molecule has 0 spiro atoms. The lowest BCUT2D eigenvalue weighted by molar-refractivity contribution is 0.0368. The van der Waals surface area contributed by atoms with Crippen LogP contribution >= 0.6 is 12.2 Å². The molecule has 1 aromatic heterocycles. The maximum absolute atomic E-state index is 5.80. The summed E-state index contributed by atoms with van der Waals surface area (Å²) in [6, 6.07) is 2.20. The molecule has 1 unspecified atom stereocenters. The van der Waals surface area contributed by atoms with Crippen molar-refractivity contribution >= 4 is 23.0 Å². The normalized spacial score (nSPS) is 17.7. The molecule has 20 heavy (non-hydrogen) atoms. The van der Waals surface area contributed by atoms with Crippen LogP contribution in [-0.2, 0) is 4.74 Å². The van der Waals surface area contributed by atoms with Crippen molar-refractivity contribution in [1.82, 2.24) is 9.88 Å². The predicted octanol–water partition coefficient (Wildman–Crippen LogP) is 1.16. The molecule has 1 saturated heterocycles. The van der Waals surface area contributed by atoms with E-state index in [1.54, 1.807) is 6.20 Å². The largest absolute Gasteiger partial charge is 0.389 e. The van der Waals surface area contributed by atoms with Gasteiger partial charge >= 0.3 is 0 Å². The first kappa shape index (κ1) is 15.2. The van der Waals surface area contributed by atoms with Gasteiger partial charge in [0.05, 0.1) is 18.8 Å². The summed E-state index contributed by atoms with van der Waals surface area (Å²) in [5.74, 6) is 0.776. The molecule has 3 N–H and O–H groups in total. The van der Waals surface area contributed by atoms with E-state index in [0.717, 1.165) is 49.8 Å². The van der Waals surface area contributed by atoms with Crippen LogP contribution in [0.5, 0.6) is 0 Å². The van der Waals surface area contributed by atoms with Crippen molar-refractivity contribution in [2.75, 3.05) is 38.2 Å². The summed E-state index contributed by atoms with van der Waals surface area (Å²) in [7, 11) is 0. The van der Waals surface area contributed by atoms with Gasteiger partial charge in [0, 0.05) is 31.9 Å². The maximum atomic E-state index is 5.80. The summed E-state index contributed by atoms with van der Waals surface area (Å²) >= 11 is 5.12. The van der Waals surface area contributed by atoms with Crippen LogP contribution in [0, 0.1) is 6.92 Å². The number of pyridine rings is 1. The van der Waals surface area contributed by atoms with Crippen LogP contribution in [0.2, 0.25) is 0 Å². The van der Waals surface area contributed by atoms with E-state index in [1.807, 2.05) is 13.0 Å². The summed E-state index contributed by atoms with van der Waals surface area (Å²) in [6.07, 6.45) is 1.78. The number of nitrogens with one attached hydrogen (secondary N) is 1. The zero-order chi connectivity index (χ0) is 14.5. The Labute approximate surface area is 125 Å². The van der Waals surface area contributed by atoms with Crippen LogP contribution in [0.25, 0.3) is 0 Å². The number of nitrogens with two attached hydrogens (primary N) is 1. The number of aryl methyl sites for hydroxylation is 1. The molecule has 0 aromatic carbocycles. The Morgan fingerprint density at radius 3 is 2.90 bits per heavy atom. The van der Waals surface area contributed by atoms with E-state index in [4.69, 9.17) is 22.7 Å². The molecule has 1 aliphatic heterocycles. The van der Waals surface area contributed by atoms with E-state index in [-0.39, 0.29) is 6.04 Å². The molecule has 0 amide bonds. The van der Waals surface area contributed by atoms with Crippen LogP contribution in [-0.4, -0.2) is 53.8 Å². The molecule has 2 heterocycles. The first-order valence-corrected chi connectivity index (χ1v) is 7.31. The van der Waals surface area contributed by atoms with Crippen molar-refractivity contribution in [2.45, 2.75) is 19.9 Å². The fraction of sp³-hybridized carbons (Fsp3) is 0.571. The minimum Gasteiger partial charge on any atom is -0.389 e. The number of hydrogen-bond donors (Lipinski definition) is 2. The third-order valence-electron chi connectivity index (χ3n) is 3.42. The summed E-state index contributed by atoms with van der Waals surface area (Å²) in [4.78, 5) is 7.14. The third-order valence-corrected chi connectivity index (χ3v) is 3.63. The van der Waals surface area contributed by atoms with Crippen LogP contribution in [0.15, 0.2) is 12.3 Å². The topological polar surface area (TPSA) is 63.4 Å². The Balaban J connectivity index is 2.01. The van der Waals surface area contributed by atoms with E-state index in [9.17, 15) is 0 Å². The van der Waals surface area contributed by atoms with Gasteiger partial charge in [-0.05, 0) is 25.5 Å². The van der Waals surface area contributed by atoms with E-state index < -0.39 is 0 Å². The van der Waals surface area contributed by atoms with Crippen molar-refractivity contribution in [2.24, 2.45) is 5.73 Å². The second-order valence-corrected chi connectivity index (χ2v) is 5.61.